The van der Waals surface area contributed by atoms with Crippen LogP contribution >= 0.6 is 24.0 Å². The molecule has 1 unspecified atom stereocenters. The minimum atomic E-state index is -0.572. The first-order chi connectivity index (χ1) is 10.4. The minimum Gasteiger partial charge on any atom is -0.343 e. The fraction of sp³-hybridized carbons (Fsp3) is 0.500. The molecular formula is C16H23Cl2N3O2. The van der Waals surface area contributed by atoms with Crippen molar-refractivity contribution in [1.29, 1.82) is 0 Å². The predicted molar refractivity (Wildman–Crippen MR) is 95.0 cm³/mol. The van der Waals surface area contributed by atoms with E-state index >= 15 is 0 Å². The van der Waals surface area contributed by atoms with E-state index in [4.69, 9.17) is 17.3 Å². The van der Waals surface area contributed by atoms with Crippen molar-refractivity contribution in [3.8, 4) is 0 Å². The van der Waals surface area contributed by atoms with E-state index < -0.39 is 12.1 Å². The Bertz CT molecular complexity index is 549. The maximum atomic E-state index is 12.4. The molecule has 1 heterocycles. The van der Waals surface area contributed by atoms with E-state index in [9.17, 15) is 9.59 Å². The number of amides is 2. The van der Waals surface area contributed by atoms with Crippen LogP contribution in [0, 0.1) is 5.92 Å². The number of carbonyl (C=O) groups is 2. The Morgan fingerprint density at radius 2 is 2.00 bits per heavy atom. The smallest absolute Gasteiger partial charge is 0.249 e. The molecule has 1 aliphatic heterocycles. The summed E-state index contributed by atoms with van der Waals surface area (Å²) in [6.07, 6.45) is 1.19. The van der Waals surface area contributed by atoms with Gasteiger partial charge in [0.25, 0.3) is 0 Å². The van der Waals surface area contributed by atoms with Gasteiger partial charge >= 0.3 is 0 Å². The van der Waals surface area contributed by atoms with E-state index in [1.807, 2.05) is 13.8 Å². The molecule has 0 saturated carbocycles. The Kier molecular flexibility index (Phi) is 7.32. The zero-order chi connectivity index (χ0) is 16.3. The third-order valence-corrected chi connectivity index (χ3v) is 3.97. The average molecular weight is 360 g/mol. The molecule has 3 N–H and O–H groups in total. The van der Waals surface area contributed by atoms with E-state index in [1.54, 1.807) is 29.2 Å². The second kappa shape index (κ2) is 8.52. The molecule has 0 aliphatic carbocycles. The van der Waals surface area contributed by atoms with Crippen LogP contribution < -0.4 is 16.0 Å². The Hall–Kier alpha value is -1.30. The highest BCUT2D eigenvalue weighted by atomic mass is 35.5. The van der Waals surface area contributed by atoms with Crippen molar-refractivity contribution in [2.24, 2.45) is 11.7 Å². The van der Waals surface area contributed by atoms with Crippen molar-refractivity contribution in [3.63, 3.8) is 0 Å². The van der Waals surface area contributed by atoms with Gasteiger partial charge in [-0.3, -0.25) is 9.59 Å². The van der Waals surface area contributed by atoms with Gasteiger partial charge < -0.3 is 16.0 Å². The topological polar surface area (TPSA) is 75.4 Å². The molecule has 1 saturated heterocycles. The van der Waals surface area contributed by atoms with Crippen molar-refractivity contribution < 1.29 is 9.59 Å². The summed E-state index contributed by atoms with van der Waals surface area (Å²) in [4.78, 5) is 26.1. The van der Waals surface area contributed by atoms with Crippen LogP contribution in [0.3, 0.4) is 0 Å². The van der Waals surface area contributed by atoms with Gasteiger partial charge in [0.1, 0.15) is 6.04 Å². The lowest BCUT2D eigenvalue weighted by Crippen LogP contribution is -2.48. The van der Waals surface area contributed by atoms with Crippen molar-refractivity contribution in [3.05, 3.63) is 29.3 Å². The molecule has 0 aromatic heterocycles. The number of nitrogens with one attached hydrogen (secondary N) is 1. The number of nitrogens with two attached hydrogens (primary N) is 1. The molecule has 2 amide bonds. The van der Waals surface area contributed by atoms with E-state index in [1.165, 1.54) is 0 Å². The summed E-state index contributed by atoms with van der Waals surface area (Å²) in [6.45, 7) is 4.59. The molecule has 7 heteroatoms. The summed E-state index contributed by atoms with van der Waals surface area (Å²) in [5, 5.41) is 3.39. The van der Waals surface area contributed by atoms with Crippen LogP contribution in [0.15, 0.2) is 24.3 Å². The van der Waals surface area contributed by atoms with Gasteiger partial charge in [-0.2, -0.15) is 0 Å². The fourth-order valence-electron chi connectivity index (χ4n) is 2.58. The SMILES string of the molecule is CC(C)C[C@H](N)C(=O)NC1CCN(c2ccc(Cl)cc2)C1=O.Cl. The molecule has 0 spiro atoms. The van der Waals surface area contributed by atoms with Crippen molar-refractivity contribution in [2.75, 3.05) is 11.4 Å². The number of anilines is 1. The highest BCUT2D eigenvalue weighted by Gasteiger charge is 2.34. The summed E-state index contributed by atoms with van der Waals surface area (Å²) in [6, 6.07) is 6.02. The van der Waals surface area contributed by atoms with E-state index in [2.05, 4.69) is 5.32 Å². The molecule has 0 bridgehead atoms. The van der Waals surface area contributed by atoms with Crippen LogP contribution in [-0.2, 0) is 9.59 Å². The zero-order valence-corrected chi connectivity index (χ0v) is 14.9. The zero-order valence-electron chi connectivity index (χ0n) is 13.3. The summed E-state index contributed by atoms with van der Waals surface area (Å²) >= 11 is 5.85. The molecule has 1 aromatic rings. The van der Waals surface area contributed by atoms with Crippen LogP contribution in [0.25, 0.3) is 0 Å². The second-order valence-corrected chi connectivity index (χ2v) is 6.49. The third-order valence-electron chi connectivity index (χ3n) is 3.72. The van der Waals surface area contributed by atoms with Crippen LogP contribution in [0.2, 0.25) is 5.02 Å². The van der Waals surface area contributed by atoms with Gasteiger partial charge in [0.05, 0.1) is 6.04 Å². The van der Waals surface area contributed by atoms with Gasteiger partial charge in [0, 0.05) is 17.3 Å². The first-order valence-corrected chi connectivity index (χ1v) is 7.89. The summed E-state index contributed by atoms with van der Waals surface area (Å²) in [5.74, 6) is -0.0250. The highest BCUT2D eigenvalue weighted by Crippen LogP contribution is 2.23. The van der Waals surface area contributed by atoms with Crippen molar-refractivity contribution in [2.45, 2.75) is 38.8 Å². The fourth-order valence-corrected chi connectivity index (χ4v) is 2.71. The monoisotopic (exact) mass is 359 g/mol. The molecule has 0 radical (unpaired) electrons. The summed E-state index contributed by atoms with van der Waals surface area (Å²) < 4.78 is 0. The number of hydrogen-bond donors (Lipinski definition) is 2. The molecular weight excluding hydrogens is 337 g/mol. The van der Waals surface area contributed by atoms with Gasteiger partial charge in [-0.15, -0.1) is 12.4 Å². The van der Waals surface area contributed by atoms with Crippen LogP contribution in [0.1, 0.15) is 26.7 Å². The Balaban J connectivity index is 0.00000264. The quantitative estimate of drug-likeness (QED) is 0.847. The first kappa shape index (κ1) is 19.7. The highest BCUT2D eigenvalue weighted by molar-refractivity contribution is 6.30. The summed E-state index contributed by atoms with van der Waals surface area (Å²) in [7, 11) is 0. The lowest BCUT2D eigenvalue weighted by molar-refractivity contribution is -0.127. The minimum absolute atomic E-state index is 0. The van der Waals surface area contributed by atoms with E-state index in [0.717, 1.165) is 5.69 Å². The maximum absolute atomic E-state index is 12.4. The largest absolute Gasteiger partial charge is 0.343 e. The van der Waals surface area contributed by atoms with Crippen LogP contribution in [0.4, 0.5) is 5.69 Å². The molecule has 1 fully saturated rings. The van der Waals surface area contributed by atoms with Gasteiger partial charge in [0.15, 0.2) is 0 Å². The van der Waals surface area contributed by atoms with Gasteiger partial charge in [0.2, 0.25) is 11.8 Å². The van der Waals surface area contributed by atoms with E-state index in [0.29, 0.717) is 30.3 Å². The molecule has 2 rings (SSSR count). The third kappa shape index (κ3) is 5.09. The Morgan fingerprint density at radius 3 is 2.57 bits per heavy atom. The van der Waals surface area contributed by atoms with Crippen molar-refractivity contribution >= 4 is 41.5 Å². The van der Waals surface area contributed by atoms with Crippen molar-refractivity contribution in [1.82, 2.24) is 5.32 Å². The molecule has 5 nitrogen and oxygen atoms in total. The summed E-state index contributed by atoms with van der Waals surface area (Å²) in [5.41, 5.74) is 6.64. The number of hydrogen-bond acceptors (Lipinski definition) is 3. The number of rotatable bonds is 5. The van der Waals surface area contributed by atoms with Crippen LogP contribution in [0.5, 0.6) is 0 Å². The average Bonchev–Trinajstić information content (AvgIpc) is 2.80. The normalized spacial score (nSPS) is 18.7. The van der Waals surface area contributed by atoms with Crippen LogP contribution in [-0.4, -0.2) is 30.4 Å². The Morgan fingerprint density at radius 1 is 1.39 bits per heavy atom. The van der Waals surface area contributed by atoms with Gasteiger partial charge in [-0.25, -0.2) is 0 Å². The molecule has 128 valence electrons. The first-order valence-electron chi connectivity index (χ1n) is 7.51. The molecule has 23 heavy (non-hydrogen) atoms. The lowest BCUT2D eigenvalue weighted by atomic mass is 10.0. The number of benzene rings is 1. The molecule has 1 aliphatic rings. The van der Waals surface area contributed by atoms with E-state index in [-0.39, 0.29) is 24.2 Å². The standard InChI is InChI=1S/C16H22ClN3O2.ClH/c1-10(2)9-13(18)15(21)19-14-7-8-20(16(14)22)12-5-3-11(17)4-6-12;/h3-6,10,13-14H,7-9,18H2,1-2H3,(H,19,21);1H/t13-,14?;/m0./s1. The maximum Gasteiger partial charge on any atom is 0.249 e. The van der Waals surface area contributed by atoms with Gasteiger partial charge in [-0.05, 0) is 43.0 Å². The number of carbonyl (C=O) groups excluding carboxylic acids is 2. The predicted octanol–water partition coefficient (Wildman–Crippen LogP) is 2.36. The number of nitrogens with zero attached hydrogens (tertiary/aromatic N) is 1. The number of halogens is 2. The molecule has 1 aromatic carbocycles. The lowest BCUT2D eigenvalue weighted by Gasteiger charge is -2.19. The Labute approximate surface area is 148 Å². The molecule has 2 atom stereocenters. The second-order valence-electron chi connectivity index (χ2n) is 6.05. The van der Waals surface area contributed by atoms with Gasteiger partial charge in [-0.1, -0.05) is 25.4 Å².